The Hall–Kier alpha value is -0.820. The summed E-state index contributed by atoms with van der Waals surface area (Å²) in [6, 6.07) is 6.44. The average Bonchev–Trinajstić information content (AvgIpc) is 2.85. The van der Waals surface area contributed by atoms with Gasteiger partial charge in [0.05, 0.1) is 13.2 Å². The number of nitrogens with two attached hydrogens (primary N) is 1. The van der Waals surface area contributed by atoms with Crippen molar-refractivity contribution in [3.63, 3.8) is 0 Å². The molecule has 0 saturated carbocycles. The van der Waals surface area contributed by atoms with E-state index in [0.717, 1.165) is 12.3 Å². The zero-order chi connectivity index (χ0) is 14.4. The van der Waals surface area contributed by atoms with Gasteiger partial charge in [-0.2, -0.15) is 0 Å². The van der Waals surface area contributed by atoms with E-state index >= 15 is 0 Å². The van der Waals surface area contributed by atoms with Gasteiger partial charge in [0, 0.05) is 12.3 Å². The standard InChI is InChI=1S/C16H25N3O.HI/c1-12(2)11-20-9-8-18-16(17)19-15-7-6-13-4-3-5-14(13)10-15;/h6-7,10,12H,3-5,8-9,11H2,1-2H3,(H3,17,18,19);1H. The van der Waals surface area contributed by atoms with Crippen LogP contribution >= 0.6 is 24.0 Å². The quantitative estimate of drug-likeness (QED) is 0.332. The summed E-state index contributed by atoms with van der Waals surface area (Å²) in [6.45, 7) is 6.25. The van der Waals surface area contributed by atoms with E-state index in [1.165, 1.54) is 30.4 Å². The second-order valence-electron chi connectivity index (χ2n) is 5.70. The van der Waals surface area contributed by atoms with Crippen molar-refractivity contribution >= 4 is 35.6 Å². The summed E-state index contributed by atoms with van der Waals surface area (Å²) in [6.07, 6.45) is 3.63. The minimum atomic E-state index is 0. The van der Waals surface area contributed by atoms with Crippen LogP contribution in [0.1, 0.15) is 31.4 Å². The highest BCUT2D eigenvalue weighted by atomic mass is 127. The van der Waals surface area contributed by atoms with Gasteiger partial charge in [-0.25, -0.2) is 0 Å². The fourth-order valence-electron chi connectivity index (χ4n) is 2.39. The maximum atomic E-state index is 5.88. The van der Waals surface area contributed by atoms with E-state index in [-0.39, 0.29) is 24.0 Å². The number of fused-ring (bicyclic) bond motifs is 1. The first-order valence-electron chi connectivity index (χ1n) is 7.41. The molecule has 0 aliphatic heterocycles. The summed E-state index contributed by atoms with van der Waals surface area (Å²) in [4.78, 5) is 4.27. The molecular formula is C16H26IN3O. The Morgan fingerprint density at radius 3 is 2.86 bits per heavy atom. The number of nitrogens with one attached hydrogen (secondary N) is 1. The van der Waals surface area contributed by atoms with Crippen LogP contribution in [0.15, 0.2) is 23.2 Å². The molecule has 1 aromatic carbocycles. The Labute approximate surface area is 144 Å². The van der Waals surface area contributed by atoms with Crippen molar-refractivity contribution < 1.29 is 4.74 Å². The number of benzene rings is 1. The molecule has 0 saturated heterocycles. The second kappa shape index (κ2) is 9.25. The molecular weight excluding hydrogens is 377 g/mol. The summed E-state index contributed by atoms with van der Waals surface area (Å²) >= 11 is 0. The molecule has 1 aliphatic rings. The molecule has 0 amide bonds. The highest BCUT2D eigenvalue weighted by Crippen LogP contribution is 2.24. The number of guanidine groups is 1. The van der Waals surface area contributed by atoms with E-state index in [2.05, 4.69) is 42.4 Å². The summed E-state index contributed by atoms with van der Waals surface area (Å²) in [5.74, 6) is 1.01. The summed E-state index contributed by atoms with van der Waals surface area (Å²) < 4.78 is 5.47. The molecule has 0 aromatic heterocycles. The third kappa shape index (κ3) is 6.22. The number of aryl methyl sites for hydroxylation is 2. The van der Waals surface area contributed by atoms with E-state index in [1.54, 1.807) is 0 Å². The van der Waals surface area contributed by atoms with E-state index in [4.69, 9.17) is 10.5 Å². The SMILES string of the molecule is CC(C)COCCN=C(N)Nc1ccc2c(c1)CCC2.I. The van der Waals surface area contributed by atoms with Crippen molar-refractivity contribution in [1.29, 1.82) is 0 Å². The lowest BCUT2D eigenvalue weighted by Crippen LogP contribution is -2.23. The van der Waals surface area contributed by atoms with Crippen LogP contribution in [-0.2, 0) is 17.6 Å². The number of aliphatic imine (C=N–C) groups is 1. The first-order chi connectivity index (χ1) is 9.65. The summed E-state index contributed by atoms with van der Waals surface area (Å²) in [5, 5.41) is 3.14. The number of anilines is 1. The maximum absolute atomic E-state index is 5.88. The Balaban J connectivity index is 0.00000220. The first kappa shape index (κ1) is 18.2. The van der Waals surface area contributed by atoms with Gasteiger partial charge in [0.15, 0.2) is 5.96 Å². The van der Waals surface area contributed by atoms with Crippen LogP contribution in [0.2, 0.25) is 0 Å². The molecule has 0 atom stereocenters. The van der Waals surface area contributed by atoms with E-state index < -0.39 is 0 Å². The van der Waals surface area contributed by atoms with Crippen LogP contribution in [0.5, 0.6) is 0 Å². The van der Waals surface area contributed by atoms with Crippen molar-refractivity contribution in [2.45, 2.75) is 33.1 Å². The molecule has 1 aliphatic carbocycles. The topological polar surface area (TPSA) is 59.6 Å². The van der Waals surface area contributed by atoms with Crippen LogP contribution in [0, 0.1) is 5.92 Å². The number of nitrogens with zero attached hydrogens (tertiary/aromatic N) is 1. The smallest absolute Gasteiger partial charge is 0.193 e. The van der Waals surface area contributed by atoms with Crippen LogP contribution < -0.4 is 11.1 Å². The second-order valence-corrected chi connectivity index (χ2v) is 5.70. The van der Waals surface area contributed by atoms with Gasteiger partial charge >= 0.3 is 0 Å². The van der Waals surface area contributed by atoms with Crippen molar-refractivity contribution in [3.05, 3.63) is 29.3 Å². The van der Waals surface area contributed by atoms with Gasteiger partial charge in [-0.15, -0.1) is 24.0 Å². The largest absolute Gasteiger partial charge is 0.379 e. The molecule has 0 heterocycles. The van der Waals surface area contributed by atoms with E-state index in [0.29, 0.717) is 25.0 Å². The Morgan fingerprint density at radius 1 is 1.33 bits per heavy atom. The fraction of sp³-hybridized carbons (Fsp3) is 0.562. The number of halogens is 1. The zero-order valence-corrected chi connectivity index (χ0v) is 15.2. The van der Waals surface area contributed by atoms with Gasteiger partial charge in [0.2, 0.25) is 0 Å². The monoisotopic (exact) mass is 403 g/mol. The van der Waals surface area contributed by atoms with Crippen LogP contribution in [0.4, 0.5) is 5.69 Å². The normalized spacial score (nSPS) is 14.0. The summed E-state index contributed by atoms with van der Waals surface area (Å²) in [7, 11) is 0. The number of rotatable bonds is 6. The van der Waals surface area contributed by atoms with Gasteiger partial charge in [0.1, 0.15) is 0 Å². The molecule has 0 fully saturated rings. The van der Waals surface area contributed by atoms with Gasteiger partial charge in [-0.1, -0.05) is 19.9 Å². The molecule has 118 valence electrons. The molecule has 0 spiro atoms. The number of ether oxygens (including phenoxy) is 1. The molecule has 5 heteroatoms. The highest BCUT2D eigenvalue weighted by molar-refractivity contribution is 14.0. The van der Waals surface area contributed by atoms with Gasteiger partial charge in [0.25, 0.3) is 0 Å². The molecule has 0 bridgehead atoms. The lowest BCUT2D eigenvalue weighted by atomic mass is 10.1. The predicted molar refractivity (Wildman–Crippen MR) is 99.7 cm³/mol. The molecule has 4 nitrogen and oxygen atoms in total. The van der Waals surface area contributed by atoms with Gasteiger partial charge < -0.3 is 15.8 Å². The first-order valence-corrected chi connectivity index (χ1v) is 7.41. The van der Waals surface area contributed by atoms with Crippen molar-refractivity contribution in [1.82, 2.24) is 0 Å². The maximum Gasteiger partial charge on any atom is 0.193 e. The average molecular weight is 403 g/mol. The fourth-order valence-corrected chi connectivity index (χ4v) is 2.39. The van der Waals surface area contributed by atoms with Crippen LogP contribution in [0.3, 0.4) is 0 Å². The number of hydrogen-bond donors (Lipinski definition) is 2. The van der Waals surface area contributed by atoms with E-state index in [9.17, 15) is 0 Å². The molecule has 21 heavy (non-hydrogen) atoms. The van der Waals surface area contributed by atoms with E-state index in [1.807, 2.05) is 0 Å². The predicted octanol–water partition coefficient (Wildman–Crippen LogP) is 3.19. The summed E-state index contributed by atoms with van der Waals surface area (Å²) in [5.41, 5.74) is 9.80. The molecule has 0 unspecified atom stereocenters. The van der Waals surface area contributed by atoms with Crippen molar-refractivity contribution in [2.24, 2.45) is 16.6 Å². The Morgan fingerprint density at radius 2 is 2.10 bits per heavy atom. The van der Waals surface area contributed by atoms with Crippen molar-refractivity contribution in [3.8, 4) is 0 Å². The molecule has 2 rings (SSSR count). The third-order valence-corrected chi connectivity index (χ3v) is 3.34. The lowest BCUT2D eigenvalue weighted by Gasteiger charge is -2.08. The molecule has 1 aromatic rings. The molecule has 0 radical (unpaired) electrons. The minimum Gasteiger partial charge on any atom is -0.379 e. The minimum absolute atomic E-state index is 0. The lowest BCUT2D eigenvalue weighted by molar-refractivity contribution is 0.117. The Bertz CT molecular complexity index is 475. The zero-order valence-electron chi connectivity index (χ0n) is 12.9. The van der Waals surface area contributed by atoms with Gasteiger partial charge in [-0.3, -0.25) is 4.99 Å². The molecule has 3 N–H and O–H groups in total. The van der Waals surface area contributed by atoms with Crippen LogP contribution in [0.25, 0.3) is 0 Å². The van der Waals surface area contributed by atoms with Gasteiger partial charge in [-0.05, 0) is 48.4 Å². The van der Waals surface area contributed by atoms with Crippen molar-refractivity contribution in [2.75, 3.05) is 25.1 Å². The third-order valence-electron chi connectivity index (χ3n) is 3.34. The Kier molecular flexibility index (Phi) is 8.03. The van der Waals surface area contributed by atoms with Crippen LogP contribution in [-0.4, -0.2) is 25.7 Å². The highest BCUT2D eigenvalue weighted by Gasteiger charge is 2.10. The number of hydrogen-bond acceptors (Lipinski definition) is 2.